The Balaban J connectivity index is 1.62. The third-order valence-electron chi connectivity index (χ3n) is 4.62. The van der Waals surface area contributed by atoms with Gasteiger partial charge in [-0.2, -0.15) is 26.3 Å². The second-order valence-electron chi connectivity index (χ2n) is 7.20. The lowest BCUT2D eigenvalue weighted by Crippen LogP contribution is -2.29. The van der Waals surface area contributed by atoms with Crippen LogP contribution in [0, 0.1) is 0 Å². The van der Waals surface area contributed by atoms with Gasteiger partial charge < -0.3 is 9.47 Å². The van der Waals surface area contributed by atoms with Gasteiger partial charge in [-0.15, -0.1) is 10.2 Å². The van der Waals surface area contributed by atoms with Crippen molar-refractivity contribution in [3.63, 3.8) is 0 Å². The van der Waals surface area contributed by atoms with Gasteiger partial charge in [-0.25, -0.2) is 13.1 Å². The maximum absolute atomic E-state index is 13.0. The summed E-state index contributed by atoms with van der Waals surface area (Å²) < 4.78 is 115. The van der Waals surface area contributed by atoms with E-state index in [2.05, 4.69) is 10.2 Å². The number of sulfonamides is 1. The molecule has 0 radical (unpaired) electrons. The van der Waals surface area contributed by atoms with Gasteiger partial charge in [0.15, 0.2) is 0 Å². The number of aromatic nitrogens is 2. The molecule has 3 aromatic rings. The molecule has 3 rings (SSSR count). The van der Waals surface area contributed by atoms with Crippen molar-refractivity contribution in [3.05, 3.63) is 65.7 Å². The highest BCUT2D eigenvalue weighted by atomic mass is 32.2. The summed E-state index contributed by atoms with van der Waals surface area (Å²) in [6.45, 7) is 1.61. The zero-order chi connectivity index (χ0) is 26.6. The van der Waals surface area contributed by atoms with Crippen molar-refractivity contribution < 1.29 is 44.2 Å². The van der Waals surface area contributed by atoms with Crippen LogP contribution in [-0.2, 0) is 22.4 Å². The van der Waals surface area contributed by atoms with Gasteiger partial charge >= 0.3 is 12.4 Å². The molecule has 0 aliphatic heterocycles. The van der Waals surface area contributed by atoms with Crippen molar-refractivity contribution in [2.75, 3.05) is 19.8 Å². The first-order valence-electron chi connectivity index (χ1n) is 10.3. The summed E-state index contributed by atoms with van der Waals surface area (Å²) in [5.74, 6) is 0.721. The summed E-state index contributed by atoms with van der Waals surface area (Å²) in [5, 5.41) is 7.85. The van der Waals surface area contributed by atoms with Crippen molar-refractivity contribution in [2.24, 2.45) is 0 Å². The molecule has 1 aromatic heterocycles. The summed E-state index contributed by atoms with van der Waals surface area (Å²) in [5.41, 5.74) is -2.20. The predicted molar refractivity (Wildman–Crippen MR) is 116 cm³/mol. The van der Waals surface area contributed by atoms with Crippen molar-refractivity contribution >= 4 is 10.0 Å². The number of ether oxygens (including phenoxy) is 2. The fourth-order valence-electron chi connectivity index (χ4n) is 2.94. The van der Waals surface area contributed by atoms with Crippen LogP contribution in [-0.4, -0.2) is 38.4 Å². The summed E-state index contributed by atoms with van der Waals surface area (Å²) in [6, 6.07) is 10.3. The molecule has 0 bridgehead atoms. The smallest absolute Gasteiger partial charge is 0.416 e. The SMILES string of the molecule is CCOc1ccc(-c2ccc(OCCNS(=O)(=O)c3cc(C(F)(F)F)cc(C(F)(F)F)c3)nn2)cc1. The number of benzene rings is 2. The van der Waals surface area contributed by atoms with Crippen molar-refractivity contribution in [2.45, 2.75) is 24.2 Å². The van der Waals surface area contributed by atoms with E-state index in [9.17, 15) is 34.8 Å². The largest absolute Gasteiger partial charge is 0.494 e. The van der Waals surface area contributed by atoms with Crippen molar-refractivity contribution in [3.8, 4) is 22.9 Å². The fraction of sp³-hybridized carbons (Fsp3) is 0.273. The van der Waals surface area contributed by atoms with E-state index < -0.39 is 44.9 Å². The fourth-order valence-corrected chi connectivity index (χ4v) is 4.02. The Labute approximate surface area is 202 Å². The number of alkyl halides is 6. The molecular formula is C22H19F6N3O4S. The Kier molecular flexibility index (Phi) is 8.09. The van der Waals surface area contributed by atoms with Crippen LogP contribution in [0.5, 0.6) is 11.6 Å². The lowest BCUT2D eigenvalue weighted by Gasteiger charge is -2.15. The van der Waals surface area contributed by atoms with Crippen LogP contribution < -0.4 is 14.2 Å². The van der Waals surface area contributed by atoms with E-state index in [0.717, 1.165) is 5.56 Å². The summed E-state index contributed by atoms with van der Waals surface area (Å²) >= 11 is 0. The number of hydrogen-bond acceptors (Lipinski definition) is 6. The molecular weight excluding hydrogens is 516 g/mol. The molecule has 0 saturated heterocycles. The molecule has 0 spiro atoms. The number of halogens is 6. The van der Waals surface area contributed by atoms with E-state index in [1.807, 2.05) is 11.6 Å². The average Bonchev–Trinajstić information content (AvgIpc) is 2.82. The van der Waals surface area contributed by atoms with Crippen LogP contribution in [0.1, 0.15) is 18.1 Å². The summed E-state index contributed by atoms with van der Waals surface area (Å²) in [7, 11) is -4.71. The molecule has 0 atom stereocenters. The first-order chi connectivity index (χ1) is 16.8. The maximum atomic E-state index is 13.0. The number of rotatable bonds is 9. The predicted octanol–water partition coefficient (Wildman–Crippen LogP) is 4.94. The van der Waals surface area contributed by atoms with Crippen LogP contribution in [0.15, 0.2) is 59.5 Å². The van der Waals surface area contributed by atoms with Crippen LogP contribution >= 0.6 is 0 Å². The highest BCUT2D eigenvalue weighted by Gasteiger charge is 2.38. The first-order valence-corrected chi connectivity index (χ1v) is 11.8. The first kappa shape index (κ1) is 27.2. The van der Waals surface area contributed by atoms with Gasteiger partial charge in [0.05, 0.1) is 28.3 Å². The van der Waals surface area contributed by atoms with E-state index in [4.69, 9.17) is 9.47 Å². The van der Waals surface area contributed by atoms with E-state index in [0.29, 0.717) is 18.1 Å². The topological polar surface area (TPSA) is 90.4 Å². The van der Waals surface area contributed by atoms with Crippen LogP contribution in [0.3, 0.4) is 0 Å². The molecule has 0 saturated carbocycles. The molecule has 14 heteroatoms. The Morgan fingerprint density at radius 1 is 0.833 bits per heavy atom. The summed E-state index contributed by atoms with van der Waals surface area (Å²) in [6.07, 6.45) is -10.4. The number of hydrogen-bond donors (Lipinski definition) is 1. The zero-order valence-electron chi connectivity index (χ0n) is 18.5. The quantitative estimate of drug-likeness (QED) is 0.309. The lowest BCUT2D eigenvalue weighted by molar-refractivity contribution is -0.143. The zero-order valence-corrected chi connectivity index (χ0v) is 19.3. The van der Waals surface area contributed by atoms with Crippen LogP contribution in [0.4, 0.5) is 26.3 Å². The average molecular weight is 535 g/mol. The molecule has 2 aromatic carbocycles. The van der Waals surface area contributed by atoms with E-state index in [-0.39, 0.29) is 30.7 Å². The minimum atomic E-state index is -5.18. The molecule has 194 valence electrons. The minimum Gasteiger partial charge on any atom is -0.494 e. The van der Waals surface area contributed by atoms with Crippen molar-refractivity contribution in [1.29, 1.82) is 0 Å². The normalized spacial score (nSPS) is 12.4. The molecule has 7 nitrogen and oxygen atoms in total. The van der Waals surface area contributed by atoms with E-state index >= 15 is 0 Å². The molecule has 1 heterocycles. The van der Waals surface area contributed by atoms with Crippen LogP contribution in [0.25, 0.3) is 11.3 Å². The maximum Gasteiger partial charge on any atom is 0.416 e. The van der Waals surface area contributed by atoms with E-state index in [1.165, 1.54) is 6.07 Å². The Morgan fingerprint density at radius 3 is 1.94 bits per heavy atom. The lowest BCUT2D eigenvalue weighted by atomic mass is 10.1. The molecule has 0 aliphatic carbocycles. The van der Waals surface area contributed by atoms with E-state index in [1.54, 1.807) is 30.3 Å². The van der Waals surface area contributed by atoms with Gasteiger partial charge in [-0.3, -0.25) is 0 Å². The standard InChI is InChI=1S/C22H19F6N3O4S/c1-2-34-17-5-3-14(4-6-17)19-7-8-20(31-30-19)35-10-9-29-36(32,33)18-12-15(21(23,24)25)11-16(13-18)22(26,27)28/h3-8,11-13,29H,2,9-10H2,1H3. The second kappa shape index (κ2) is 10.7. The second-order valence-corrected chi connectivity index (χ2v) is 8.97. The van der Waals surface area contributed by atoms with Gasteiger partial charge in [0.25, 0.3) is 0 Å². The molecule has 0 fully saturated rings. The van der Waals surface area contributed by atoms with Gasteiger partial charge in [0.1, 0.15) is 12.4 Å². The van der Waals surface area contributed by atoms with Gasteiger partial charge in [-0.1, -0.05) is 0 Å². The van der Waals surface area contributed by atoms with Gasteiger partial charge in [-0.05, 0) is 55.5 Å². The van der Waals surface area contributed by atoms with Crippen LogP contribution in [0.2, 0.25) is 0 Å². The molecule has 36 heavy (non-hydrogen) atoms. The Morgan fingerprint density at radius 2 is 1.44 bits per heavy atom. The number of nitrogens with zero attached hydrogens (tertiary/aromatic N) is 2. The number of nitrogens with one attached hydrogen (secondary N) is 1. The highest BCUT2D eigenvalue weighted by Crippen LogP contribution is 2.37. The Hall–Kier alpha value is -3.39. The van der Waals surface area contributed by atoms with Crippen molar-refractivity contribution in [1.82, 2.24) is 14.9 Å². The third kappa shape index (κ3) is 7.07. The Bertz CT molecular complexity index is 1250. The van der Waals surface area contributed by atoms with Gasteiger partial charge in [0, 0.05) is 18.2 Å². The molecule has 0 unspecified atom stereocenters. The third-order valence-corrected chi connectivity index (χ3v) is 6.06. The molecule has 0 amide bonds. The summed E-state index contributed by atoms with van der Waals surface area (Å²) in [4.78, 5) is -1.18. The minimum absolute atomic E-state index is 0.0299. The van der Waals surface area contributed by atoms with Gasteiger partial charge in [0.2, 0.25) is 15.9 Å². The highest BCUT2D eigenvalue weighted by molar-refractivity contribution is 7.89. The molecule has 0 aliphatic rings. The monoisotopic (exact) mass is 535 g/mol. The molecule has 1 N–H and O–H groups in total.